The van der Waals surface area contributed by atoms with Crippen molar-refractivity contribution in [3.63, 3.8) is 0 Å². The summed E-state index contributed by atoms with van der Waals surface area (Å²) in [4.78, 5) is 0. The van der Waals surface area contributed by atoms with E-state index in [0.717, 1.165) is 5.69 Å². The molecule has 0 aliphatic carbocycles. The maximum atomic E-state index is 6.99. The monoisotopic (exact) mass is 172 g/mol. The zero-order valence-electron chi connectivity index (χ0n) is 6.13. The van der Waals surface area contributed by atoms with Crippen LogP contribution in [0.3, 0.4) is 0 Å². The minimum atomic E-state index is 0.0733. The first-order valence-corrected chi connectivity index (χ1v) is 3.50. The van der Waals surface area contributed by atoms with Crippen LogP contribution in [-0.4, -0.2) is 15.6 Å². The Bertz CT molecular complexity index is 259. The van der Waals surface area contributed by atoms with Crippen molar-refractivity contribution in [3.05, 3.63) is 16.9 Å². The molecule has 3 N–H and O–H groups in total. The molecular weight excluding hydrogens is 164 g/mol. The third kappa shape index (κ3) is 1.94. The normalized spacial score (nSPS) is 10.0. The van der Waals surface area contributed by atoms with Gasteiger partial charge in [-0.1, -0.05) is 11.6 Å². The molecule has 0 atom stereocenters. The smallest absolute Gasteiger partial charge is 0.113 e. The lowest BCUT2D eigenvalue weighted by Crippen LogP contribution is -2.18. The lowest BCUT2D eigenvalue weighted by molar-refractivity contribution is 0.709. The molecule has 1 heterocycles. The fraction of sp³-hybridized carbons (Fsp3) is 0.333. The van der Waals surface area contributed by atoms with Crippen molar-refractivity contribution < 1.29 is 0 Å². The molecule has 0 radical (unpaired) electrons. The lowest BCUT2D eigenvalue weighted by Gasteiger charge is -1.95. The Kier molecular flexibility index (Phi) is 2.14. The number of halogens is 1. The molecule has 1 rings (SSSR count). The van der Waals surface area contributed by atoms with Gasteiger partial charge in [0, 0.05) is 6.20 Å². The minimum absolute atomic E-state index is 0.0733. The topological polar surface area (TPSA) is 67.7 Å². The van der Waals surface area contributed by atoms with E-state index in [0.29, 0.717) is 11.6 Å². The Morgan fingerprint density at radius 3 is 2.91 bits per heavy atom. The van der Waals surface area contributed by atoms with Gasteiger partial charge in [0.15, 0.2) is 0 Å². The molecule has 0 aromatic carbocycles. The summed E-state index contributed by atoms with van der Waals surface area (Å²) in [5, 5.41) is 11.6. The molecule has 0 fully saturated rings. The van der Waals surface area contributed by atoms with Crippen molar-refractivity contribution >= 4 is 17.4 Å². The summed E-state index contributed by atoms with van der Waals surface area (Å²) in [5.41, 5.74) is 5.92. The van der Waals surface area contributed by atoms with E-state index in [-0.39, 0.29) is 5.84 Å². The van der Waals surface area contributed by atoms with Crippen molar-refractivity contribution in [2.24, 2.45) is 5.73 Å². The van der Waals surface area contributed by atoms with E-state index in [4.69, 9.17) is 22.7 Å². The second-order valence-corrected chi connectivity index (χ2v) is 2.69. The Hall–Kier alpha value is -1.03. The maximum Gasteiger partial charge on any atom is 0.113 e. The highest BCUT2D eigenvalue weighted by Crippen LogP contribution is 2.11. The van der Waals surface area contributed by atoms with E-state index in [2.05, 4.69) is 5.10 Å². The van der Waals surface area contributed by atoms with Crippen molar-refractivity contribution in [2.75, 3.05) is 0 Å². The van der Waals surface area contributed by atoms with E-state index in [1.54, 1.807) is 17.8 Å². The second kappa shape index (κ2) is 2.92. The average Bonchev–Trinajstić information content (AvgIpc) is 2.10. The van der Waals surface area contributed by atoms with Crippen LogP contribution < -0.4 is 5.73 Å². The zero-order valence-corrected chi connectivity index (χ0v) is 6.89. The van der Waals surface area contributed by atoms with Gasteiger partial charge >= 0.3 is 0 Å². The molecule has 0 saturated heterocycles. The number of nitrogens with two attached hydrogens (primary N) is 1. The van der Waals surface area contributed by atoms with E-state index < -0.39 is 0 Å². The summed E-state index contributed by atoms with van der Waals surface area (Å²) in [6.07, 6.45) is 1.65. The number of nitrogens with one attached hydrogen (secondary N) is 1. The van der Waals surface area contributed by atoms with Gasteiger partial charge in [-0.3, -0.25) is 10.1 Å². The predicted molar refractivity (Wildman–Crippen MR) is 43.9 cm³/mol. The molecule has 4 nitrogen and oxygen atoms in total. The molecule has 60 valence electrons. The highest BCUT2D eigenvalue weighted by molar-refractivity contribution is 6.31. The summed E-state index contributed by atoms with van der Waals surface area (Å²) in [6.45, 7) is 2.10. The summed E-state index contributed by atoms with van der Waals surface area (Å²) in [6, 6.07) is 0. The SMILES string of the molecule is Cc1nn(CC(=N)N)cc1Cl. The molecule has 0 aliphatic heterocycles. The molecular formula is C6H9ClN4. The zero-order chi connectivity index (χ0) is 8.43. The second-order valence-electron chi connectivity index (χ2n) is 2.29. The number of aromatic nitrogens is 2. The highest BCUT2D eigenvalue weighted by atomic mass is 35.5. The average molecular weight is 173 g/mol. The maximum absolute atomic E-state index is 6.99. The highest BCUT2D eigenvalue weighted by Gasteiger charge is 2.01. The first-order chi connectivity index (χ1) is 5.09. The quantitative estimate of drug-likeness (QED) is 0.512. The number of amidine groups is 1. The van der Waals surface area contributed by atoms with Gasteiger partial charge in [-0.05, 0) is 6.92 Å². The summed E-state index contributed by atoms with van der Waals surface area (Å²) >= 11 is 5.72. The van der Waals surface area contributed by atoms with Crippen LogP contribution in [0.4, 0.5) is 0 Å². The van der Waals surface area contributed by atoms with Crippen LogP contribution in [-0.2, 0) is 6.54 Å². The van der Waals surface area contributed by atoms with Crippen LogP contribution in [0.5, 0.6) is 0 Å². The first kappa shape index (κ1) is 8.07. The Morgan fingerprint density at radius 2 is 2.55 bits per heavy atom. The number of hydrogen-bond acceptors (Lipinski definition) is 2. The van der Waals surface area contributed by atoms with Gasteiger partial charge in [0.05, 0.1) is 17.3 Å². The van der Waals surface area contributed by atoms with Crippen LogP contribution in [0.15, 0.2) is 6.20 Å². The van der Waals surface area contributed by atoms with E-state index >= 15 is 0 Å². The molecule has 5 heteroatoms. The molecule has 0 saturated carbocycles. The Labute approximate surface area is 69.5 Å². The van der Waals surface area contributed by atoms with Crippen molar-refractivity contribution in [2.45, 2.75) is 13.5 Å². The standard InChI is InChI=1S/C6H9ClN4/c1-4-5(7)2-11(10-4)3-6(8)9/h2H,3H2,1H3,(H3,8,9). The largest absolute Gasteiger partial charge is 0.386 e. The number of nitrogens with zero attached hydrogens (tertiary/aromatic N) is 2. The van der Waals surface area contributed by atoms with Crippen LogP contribution >= 0.6 is 11.6 Å². The minimum Gasteiger partial charge on any atom is -0.386 e. The van der Waals surface area contributed by atoms with Gasteiger partial charge in [0.25, 0.3) is 0 Å². The molecule has 0 unspecified atom stereocenters. The van der Waals surface area contributed by atoms with Crippen molar-refractivity contribution in [3.8, 4) is 0 Å². The van der Waals surface area contributed by atoms with E-state index in [9.17, 15) is 0 Å². The third-order valence-corrected chi connectivity index (χ3v) is 1.59. The Morgan fingerprint density at radius 1 is 1.91 bits per heavy atom. The van der Waals surface area contributed by atoms with Gasteiger partial charge in [0.1, 0.15) is 5.84 Å². The van der Waals surface area contributed by atoms with Gasteiger partial charge in [-0.15, -0.1) is 0 Å². The third-order valence-electron chi connectivity index (χ3n) is 1.22. The number of rotatable bonds is 2. The lowest BCUT2D eigenvalue weighted by atomic mass is 10.5. The molecule has 0 amide bonds. The van der Waals surface area contributed by atoms with E-state index in [1.165, 1.54) is 0 Å². The Balaban J connectivity index is 2.81. The van der Waals surface area contributed by atoms with Gasteiger partial charge in [-0.2, -0.15) is 5.10 Å². The van der Waals surface area contributed by atoms with E-state index in [1.807, 2.05) is 0 Å². The van der Waals surface area contributed by atoms with Crippen molar-refractivity contribution in [1.82, 2.24) is 9.78 Å². The summed E-state index contributed by atoms with van der Waals surface area (Å²) < 4.78 is 1.54. The van der Waals surface area contributed by atoms with Crippen LogP contribution in [0, 0.1) is 12.3 Å². The number of aryl methyl sites for hydroxylation is 1. The van der Waals surface area contributed by atoms with Crippen LogP contribution in [0.25, 0.3) is 0 Å². The van der Waals surface area contributed by atoms with Gasteiger partial charge in [-0.25, -0.2) is 0 Å². The van der Waals surface area contributed by atoms with Crippen molar-refractivity contribution in [1.29, 1.82) is 5.41 Å². The fourth-order valence-electron chi connectivity index (χ4n) is 0.749. The predicted octanol–water partition coefficient (Wildman–Crippen LogP) is 0.781. The summed E-state index contributed by atoms with van der Waals surface area (Å²) in [5.74, 6) is 0.0733. The van der Waals surface area contributed by atoms with Gasteiger partial charge in [0.2, 0.25) is 0 Å². The fourth-order valence-corrected chi connectivity index (χ4v) is 0.900. The van der Waals surface area contributed by atoms with Crippen LogP contribution in [0.1, 0.15) is 5.69 Å². The van der Waals surface area contributed by atoms with Gasteiger partial charge < -0.3 is 5.73 Å². The van der Waals surface area contributed by atoms with Crippen LogP contribution in [0.2, 0.25) is 5.02 Å². The molecule has 1 aromatic heterocycles. The number of hydrogen-bond donors (Lipinski definition) is 2. The molecule has 1 aromatic rings. The first-order valence-electron chi connectivity index (χ1n) is 3.12. The molecule has 11 heavy (non-hydrogen) atoms. The summed E-state index contributed by atoms with van der Waals surface area (Å²) in [7, 11) is 0. The molecule has 0 bridgehead atoms. The molecule has 0 aliphatic rings. The molecule has 0 spiro atoms.